The zero-order valence-electron chi connectivity index (χ0n) is 10.5. The van der Waals surface area contributed by atoms with Gasteiger partial charge in [-0.3, -0.25) is 9.78 Å². The second kappa shape index (κ2) is 5.20. The number of aromatic nitrogens is 4. The molecule has 0 aliphatic carbocycles. The van der Waals surface area contributed by atoms with Crippen molar-refractivity contribution < 1.29 is 8.78 Å². The van der Waals surface area contributed by atoms with Crippen LogP contribution in [0.1, 0.15) is 0 Å². The molecule has 5 nitrogen and oxygen atoms in total. The van der Waals surface area contributed by atoms with Crippen molar-refractivity contribution >= 4 is 0 Å². The molecule has 0 radical (unpaired) electrons. The molecular formula is C14H8F2N4O. The summed E-state index contributed by atoms with van der Waals surface area (Å²) in [4.78, 5) is 18.5. The smallest absolute Gasteiger partial charge is 0.278 e. The Labute approximate surface area is 117 Å². The summed E-state index contributed by atoms with van der Waals surface area (Å²) in [5.41, 5.74) is -0.519. The van der Waals surface area contributed by atoms with E-state index in [1.807, 2.05) is 0 Å². The van der Waals surface area contributed by atoms with Crippen molar-refractivity contribution in [2.75, 3.05) is 0 Å². The molecule has 0 aliphatic rings. The van der Waals surface area contributed by atoms with E-state index in [1.165, 1.54) is 0 Å². The Hall–Kier alpha value is -2.96. The number of pyridine rings is 1. The third kappa shape index (κ3) is 2.53. The van der Waals surface area contributed by atoms with Gasteiger partial charge >= 0.3 is 0 Å². The molecule has 0 spiro atoms. The molecule has 1 aromatic carbocycles. The molecule has 1 N–H and O–H groups in total. The molecule has 7 heteroatoms. The maximum atomic E-state index is 13.7. The highest BCUT2D eigenvalue weighted by molar-refractivity contribution is 5.59. The Balaban J connectivity index is 2.09. The van der Waals surface area contributed by atoms with Crippen LogP contribution in [0.5, 0.6) is 0 Å². The van der Waals surface area contributed by atoms with Gasteiger partial charge in [-0.1, -0.05) is 6.07 Å². The zero-order valence-corrected chi connectivity index (χ0v) is 10.5. The molecule has 2 aromatic heterocycles. The van der Waals surface area contributed by atoms with Gasteiger partial charge in [-0.05, 0) is 24.3 Å². The summed E-state index contributed by atoms with van der Waals surface area (Å²) in [6.07, 6.45) is 1.54. The summed E-state index contributed by atoms with van der Waals surface area (Å²) in [5.74, 6) is -1.43. The highest BCUT2D eigenvalue weighted by Crippen LogP contribution is 2.18. The minimum Gasteiger partial charge on any atom is -0.302 e. The summed E-state index contributed by atoms with van der Waals surface area (Å²) in [5, 5.41) is 7.54. The van der Waals surface area contributed by atoms with Gasteiger partial charge < -0.3 is 4.98 Å². The van der Waals surface area contributed by atoms with Crippen molar-refractivity contribution in [1.29, 1.82) is 0 Å². The van der Waals surface area contributed by atoms with Crippen molar-refractivity contribution in [3.8, 4) is 22.8 Å². The van der Waals surface area contributed by atoms with Crippen molar-refractivity contribution in [3.05, 3.63) is 64.6 Å². The lowest BCUT2D eigenvalue weighted by molar-refractivity contribution is 0.585. The minimum atomic E-state index is -0.875. The molecule has 0 bridgehead atoms. The molecule has 3 rings (SSSR count). The lowest BCUT2D eigenvalue weighted by atomic mass is 10.1. The SMILES string of the molecule is O=c1[nH]c(-c2ccccn2)nnc1-c1ccc(F)cc1F. The molecule has 0 fully saturated rings. The van der Waals surface area contributed by atoms with Crippen LogP contribution in [0.2, 0.25) is 0 Å². The first-order chi connectivity index (χ1) is 10.1. The standard InChI is InChI=1S/C14H8F2N4O/c15-8-4-5-9(10(16)7-8)12-14(21)18-13(20-19-12)11-3-1-2-6-17-11/h1-7H,(H,18,20,21). The van der Waals surface area contributed by atoms with E-state index in [9.17, 15) is 13.6 Å². The van der Waals surface area contributed by atoms with E-state index in [0.717, 1.165) is 12.1 Å². The average molecular weight is 286 g/mol. The maximum Gasteiger partial charge on any atom is 0.278 e. The number of benzene rings is 1. The number of hydrogen-bond acceptors (Lipinski definition) is 4. The Morgan fingerprint density at radius 2 is 1.90 bits per heavy atom. The number of halogens is 2. The first kappa shape index (κ1) is 13.0. The molecule has 0 saturated heterocycles. The van der Waals surface area contributed by atoms with Crippen LogP contribution in [-0.4, -0.2) is 20.2 Å². The van der Waals surface area contributed by atoms with Crippen molar-refractivity contribution in [1.82, 2.24) is 20.2 Å². The Morgan fingerprint density at radius 1 is 1.05 bits per heavy atom. The number of nitrogens with zero attached hydrogens (tertiary/aromatic N) is 3. The van der Waals surface area contributed by atoms with E-state index in [2.05, 4.69) is 20.2 Å². The average Bonchev–Trinajstić information content (AvgIpc) is 2.49. The van der Waals surface area contributed by atoms with Crippen LogP contribution in [0.3, 0.4) is 0 Å². The Morgan fingerprint density at radius 3 is 2.57 bits per heavy atom. The molecule has 21 heavy (non-hydrogen) atoms. The van der Waals surface area contributed by atoms with E-state index in [1.54, 1.807) is 24.4 Å². The third-order valence-electron chi connectivity index (χ3n) is 2.79. The van der Waals surface area contributed by atoms with E-state index in [4.69, 9.17) is 0 Å². The fourth-order valence-electron chi connectivity index (χ4n) is 1.81. The lowest BCUT2D eigenvalue weighted by Crippen LogP contribution is -2.15. The lowest BCUT2D eigenvalue weighted by Gasteiger charge is -2.03. The van der Waals surface area contributed by atoms with E-state index < -0.39 is 17.2 Å². The van der Waals surface area contributed by atoms with E-state index in [0.29, 0.717) is 11.8 Å². The number of rotatable bonds is 2. The van der Waals surface area contributed by atoms with Gasteiger partial charge in [0.15, 0.2) is 11.5 Å². The summed E-state index contributed by atoms with van der Waals surface area (Å²) in [6.45, 7) is 0. The van der Waals surface area contributed by atoms with Crippen LogP contribution >= 0.6 is 0 Å². The fraction of sp³-hybridized carbons (Fsp3) is 0. The van der Waals surface area contributed by atoms with Crippen LogP contribution in [0, 0.1) is 11.6 Å². The van der Waals surface area contributed by atoms with Crippen LogP contribution in [0.15, 0.2) is 47.4 Å². The Bertz CT molecular complexity index is 849. The molecular weight excluding hydrogens is 278 g/mol. The summed E-state index contributed by atoms with van der Waals surface area (Å²) in [6, 6.07) is 7.98. The normalized spacial score (nSPS) is 10.6. The predicted octanol–water partition coefficient (Wildman–Crippen LogP) is 2.17. The number of nitrogens with one attached hydrogen (secondary N) is 1. The largest absolute Gasteiger partial charge is 0.302 e. The predicted molar refractivity (Wildman–Crippen MR) is 71.2 cm³/mol. The second-order valence-electron chi connectivity index (χ2n) is 4.19. The number of aromatic amines is 1. The first-order valence-corrected chi connectivity index (χ1v) is 5.99. The minimum absolute atomic E-state index is 0.113. The Kier molecular flexibility index (Phi) is 3.23. The van der Waals surface area contributed by atoms with Crippen LogP contribution in [0.25, 0.3) is 22.8 Å². The van der Waals surface area contributed by atoms with Gasteiger partial charge in [0.05, 0.1) is 0 Å². The van der Waals surface area contributed by atoms with E-state index in [-0.39, 0.29) is 17.1 Å². The number of hydrogen-bond donors (Lipinski definition) is 1. The second-order valence-corrected chi connectivity index (χ2v) is 4.19. The maximum absolute atomic E-state index is 13.7. The van der Waals surface area contributed by atoms with Crippen LogP contribution < -0.4 is 5.56 Å². The van der Waals surface area contributed by atoms with Gasteiger partial charge in [-0.2, -0.15) is 0 Å². The molecule has 2 heterocycles. The van der Waals surface area contributed by atoms with Crippen LogP contribution in [0.4, 0.5) is 8.78 Å². The molecule has 0 aliphatic heterocycles. The quantitative estimate of drug-likeness (QED) is 0.783. The van der Waals surface area contributed by atoms with Crippen molar-refractivity contribution in [2.24, 2.45) is 0 Å². The van der Waals surface area contributed by atoms with E-state index >= 15 is 0 Å². The van der Waals surface area contributed by atoms with Crippen molar-refractivity contribution in [3.63, 3.8) is 0 Å². The van der Waals surface area contributed by atoms with Gasteiger partial charge in [0, 0.05) is 17.8 Å². The number of H-pyrrole nitrogens is 1. The molecule has 0 atom stereocenters. The zero-order chi connectivity index (χ0) is 14.8. The fourth-order valence-corrected chi connectivity index (χ4v) is 1.81. The van der Waals surface area contributed by atoms with Gasteiger partial charge in [0.2, 0.25) is 0 Å². The summed E-state index contributed by atoms with van der Waals surface area (Å²) in [7, 11) is 0. The van der Waals surface area contributed by atoms with Crippen molar-refractivity contribution in [2.45, 2.75) is 0 Å². The summed E-state index contributed by atoms with van der Waals surface area (Å²) < 4.78 is 26.5. The highest BCUT2D eigenvalue weighted by atomic mass is 19.1. The van der Waals surface area contributed by atoms with Crippen LogP contribution in [-0.2, 0) is 0 Å². The van der Waals surface area contributed by atoms with Gasteiger partial charge in [-0.15, -0.1) is 10.2 Å². The first-order valence-electron chi connectivity index (χ1n) is 5.99. The molecule has 3 aromatic rings. The monoisotopic (exact) mass is 286 g/mol. The highest BCUT2D eigenvalue weighted by Gasteiger charge is 2.13. The molecule has 0 unspecified atom stereocenters. The van der Waals surface area contributed by atoms with Gasteiger partial charge in [0.25, 0.3) is 5.56 Å². The topological polar surface area (TPSA) is 71.5 Å². The molecule has 0 saturated carbocycles. The van der Waals surface area contributed by atoms with Gasteiger partial charge in [-0.25, -0.2) is 8.78 Å². The summed E-state index contributed by atoms with van der Waals surface area (Å²) >= 11 is 0. The van der Waals surface area contributed by atoms with Gasteiger partial charge in [0.1, 0.15) is 17.3 Å². The molecule has 104 valence electrons. The molecule has 0 amide bonds. The third-order valence-corrected chi connectivity index (χ3v) is 2.79.